The standard InChI is InChI=1S/C13H21N3OS2/c1-3-16(10(2)17)13-15-12(9-19-13)7-14-11-5-4-6-18-8-11/h9,11,14H,3-8H2,1-2H3. The monoisotopic (exact) mass is 299 g/mol. The van der Waals surface area contributed by atoms with Gasteiger partial charge in [-0.05, 0) is 25.5 Å². The summed E-state index contributed by atoms with van der Waals surface area (Å²) in [6.07, 6.45) is 2.57. The number of thioether (sulfide) groups is 1. The van der Waals surface area contributed by atoms with Crippen LogP contribution in [0.1, 0.15) is 32.4 Å². The van der Waals surface area contributed by atoms with Crippen LogP contribution < -0.4 is 10.2 Å². The van der Waals surface area contributed by atoms with E-state index in [0.29, 0.717) is 12.6 Å². The summed E-state index contributed by atoms with van der Waals surface area (Å²) in [4.78, 5) is 17.7. The second kappa shape index (κ2) is 7.26. The van der Waals surface area contributed by atoms with E-state index in [9.17, 15) is 4.79 Å². The molecule has 106 valence electrons. The fourth-order valence-electron chi connectivity index (χ4n) is 2.14. The minimum absolute atomic E-state index is 0.0556. The van der Waals surface area contributed by atoms with Crippen LogP contribution in [0.4, 0.5) is 5.13 Å². The van der Waals surface area contributed by atoms with E-state index in [2.05, 4.69) is 10.3 Å². The van der Waals surface area contributed by atoms with E-state index in [1.165, 1.54) is 24.3 Å². The Labute approximate surface area is 123 Å². The lowest BCUT2D eigenvalue weighted by Crippen LogP contribution is -2.33. The van der Waals surface area contributed by atoms with Crippen LogP contribution in [0.3, 0.4) is 0 Å². The molecule has 0 aliphatic carbocycles. The number of nitrogens with zero attached hydrogens (tertiary/aromatic N) is 2. The summed E-state index contributed by atoms with van der Waals surface area (Å²) in [6, 6.07) is 0.610. The number of hydrogen-bond acceptors (Lipinski definition) is 5. The molecule has 1 aromatic rings. The number of carbonyl (C=O) groups is 1. The molecule has 2 heterocycles. The van der Waals surface area contributed by atoms with Crippen molar-refractivity contribution in [3.05, 3.63) is 11.1 Å². The highest BCUT2D eigenvalue weighted by Crippen LogP contribution is 2.21. The normalized spacial score (nSPS) is 19.4. The van der Waals surface area contributed by atoms with Gasteiger partial charge in [0.25, 0.3) is 0 Å². The van der Waals surface area contributed by atoms with Crippen LogP contribution >= 0.6 is 23.1 Å². The Morgan fingerprint density at radius 1 is 1.63 bits per heavy atom. The van der Waals surface area contributed by atoms with E-state index in [1.807, 2.05) is 24.1 Å². The molecule has 1 aromatic heterocycles. The number of rotatable bonds is 5. The van der Waals surface area contributed by atoms with Crippen LogP contribution in [0, 0.1) is 0 Å². The molecule has 0 radical (unpaired) electrons. The molecule has 1 saturated heterocycles. The highest BCUT2D eigenvalue weighted by atomic mass is 32.2. The third-order valence-corrected chi connectivity index (χ3v) is 5.33. The number of carbonyl (C=O) groups excluding carboxylic acids is 1. The molecule has 1 unspecified atom stereocenters. The minimum atomic E-state index is 0.0556. The number of amides is 1. The van der Waals surface area contributed by atoms with Gasteiger partial charge < -0.3 is 5.32 Å². The molecular weight excluding hydrogens is 278 g/mol. The zero-order valence-electron chi connectivity index (χ0n) is 11.5. The topological polar surface area (TPSA) is 45.2 Å². The van der Waals surface area contributed by atoms with Gasteiger partial charge in [-0.15, -0.1) is 11.3 Å². The molecule has 19 heavy (non-hydrogen) atoms. The summed E-state index contributed by atoms with van der Waals surface area (Å²) in [5.41, 5.74) is 1.04. The van der Waals surface area contributed by atoms with Crippen molar-refractivity contribution in [2.75, 3.05) is 23.0 Å². The Hall–Kier alpha value is -0.590. The van der Waals surface area contributed by atoms with Crippen LogP contribution in [0.15, 0.2) is 5.38 Å². The summed E-state index contributed by atoms with van der Waals surface area (Å²) >= 11 is 3.57. The predicted molar refractivity (Wildman–Crippen MR) is 83.0 cm³/mol. The highest BCUT2D eigenvalue weighted by molar-refractivity contribution is 7.99. The van der Waals surface area contributed by atoms with Crippen molar-refractivity contribution >= 4 is 34.1 Å². The van der Waals surface area contributed by atoms with Gasteiger partial charge in [0.2, 0.25) is 5.91 Å². The Morgan fingerprint density at radius 2 is 2.47 bits per heavy atom. The summed E-state index contributed by atoms with van der Waals surface area (Å²) in [5, 5.41) is 6.41. The fraction of sp³-hybridized carbons (Fsp3) is 0.692. The first-order chi connectivity index (χ1) is 9.20. The third-order valence-electron chi connectivity index (χ3n) is 3.20. The van der Waals surface area contributed by atoms with Crippen molar-refractivity contribution in [1.82, 2.24) is 10.3 Å². The molecule has 0 bridgehead atoms. The van der Waals surface area contributed by atoms with Crippen molar-refractivity contribution in [3.63, 3.8) is 0 Å². The highest BCUT2D eigenvalue weighted by Gasteiger charge is 2.15. The molecule has 1 atom stereocenters. The van der Waals surface area contributed by atoms with Crippen LogP contribution in [0.2, 0.25) is 0 Å². The summed E-state index contributed by atoms with van der Waals surface area (Å²) < 4.78 is 0. The molecular formula is C13H21N3OS2. The molecule has 6 heteroatoms. The zero-order valence-corrected chi connectivity index (χ0v) is 13.1. The average molecular weight is 299 g/mol. The molecule has 1 aliphatic heterocycles. The maximum Gasteiger partial charge on any atom is 0.225 e. The van der Waals surface area contributed by atoms with Crippen molar-refractivity contribution < 1.29 is 4.79 Å². The second-order valence-corrected chi connectivity index (χ2v) is 6.67. The SMILES string of the molecule is CCN(C(C)=O)c1nc(CNC2CCCSC2)cs1. The molecule has 0 spiro atoms. The number of hydrogen-bond donors (Lipinski definition) is 1. The van der Waals surface area contributed by atoms with Gasteiger partial charge in [0, 0.05) is 37.2 Å². The van der Waals surface area contributed by atoms with Gasteiger partial charge in [-0.25, -0.2) is 4.98 Å². The van der Waals surface area contributed by atoms with Gasteiger partial charge in [0.15, 0.2) is 5.13 Å². The van der Waals surface area contributed by atoms with E-state index in [4.69, 9.17) is 0 Å². The van der Waals surface area contributed by atoms with Crippen LogP contribution in [0.25, 0.3) is 0 Å². The Balaban J connectivity index is 1.87. The van der Waals surface area contributed by atoms with Gasteiger partial charge in [0.05, 0.1) is 5.69 Å². The molecule has 1 amide bonds. The quantitative estimate of drug-likeness (QED) is 0.907. The van der Waals surface area contributed by atoms with Crippen LogP contribution in [-0.4, -0.2) is 35.0 Å². The first-order valence-corrected chi connectivity index (χ1v) is 8.77. The number of anilines is 1. The van der Waals surface area contributed by atoms with Gasteiger partial charge >= 0.3 is 0 Å². The molecule has 1 aliphatic rings. The van der Waals surface area contributed by atoms with E-state index in [0.717, 1.165) is 17.4 Å². The first-order valence-electron chi connectivity index (χ1n) is 6.74. The van der Waals surface area contributed by atoms with E-state index in [1.54, 1.807) is 23.2 Å². The van der Waals surface area contributed by atoms with E-state index >= 15 is 0 Å². The summed E-state index contributed by atoms with van der Waals surface area (Å²) in [5.74, 6) is 2.55. The van der Waals surface area contributed by atoms with E-state index < -0.39 is 0 Å². The molecule has 1 fully saturated rings. The maximum absolute atomic E-state index is 11.5. The van der Waals surface area contributed by atoms with Crippen molar-refractivity contribution in [2.24, 2.45) is 0 Å². The molecule has 0 aromatic carbocycles. The average Bonchev–Trinajstić information content (AvgIpc) is 2.87. The summed E-state index contributed by atoms with van der Waals surface area (Å²) in [6.45, 7) is 5.04. The van der Waals surface area contributed by atoms with Gasteiger partial charge in [-0.2, -0.15) is 11.8 Å². The Morgan fingerprint density at radius 3 is 3.11 bits per heavy atom. The number of aromatic nitrogens is 1. The number of nitrogens with one attached hydrogen (secondary N) is 1. The predicted octanol–water partition coefficient (Wildman–Crippen LogP) is 2.50. The molecule has 2 rings (SSSR count). The minimum Gasteiger partial charge on any atom is -0.308 e. The van der Waals surface area contributed by atoms with Crippen molar-refractivity contribution in [3.8, 4) is 0 Å². The molecule has 4 nitrogen and oxygen atoms in total. The number of thiazole rings is 1. The smallest absolute Gasteiger partial charge is 0.225 e. The third kappa shape index (κ3) is 4.19. The van der Waals surface area contributed by atoms with Crippen molar-refractivity contribution in [2.45, 2.75) is 39.3 Å². The lowest BCUT2D eigenvalue weighted by atomic mass is 10.2. The van der Waals surface area contributed by atoms with Gasteiger partial charge in [-0.1, -0.05) is 0 Å². The largest absolute Gasteiger partial charge is 0.308 e. The lowest BCUT2D eigenvalue weighted by molar-refractivity contribution is -0.116. The second-order valence-electron chi connectivity index (χ2n) is 4.68. The van der Waals surface area contributed by atoms with Crippen LogP contribution in [0.5, 0.6) is 0 Å². The molecule has 1 N–H and O–H groups in total. The summed E-state index contributed by atoms with van der Waals surface area (Å²) in [7, 11) is 0. The first kappa shape index (κ1) is 14.8. The van der Waals surface area contributed by atoms with Crippen molar-refractivity contribution in [1.29, 1.82) is 0 Å². The van der Waals surface area contributed by atoms with E-state index in [-0.39, 0.29) is 5.91 Å². The lowest BCUT2D eigenvalue weighted by Gasteiger charge is -2.22. The van der Waals surface area contributed by atoms with Crippen LogP contribution in [-0.2, 0) is 11.3 Å². The Bertz CT molecular complexity index is 416. The zero-order chi connectivity index (χ0) is 13.7. The van der Waals surface area contributed by atoms with Gasteiger partial charge in [0.1, 0.15) is 0 Å². The molecule has 0 saturated carbocycles. The van der Waals surface area contributed by atoms with Gasteiger partial charge in [-0.3, -0.25) is 9.69 Å². The maximum atomic E-state index is 11.5. The Kier molecular flexibility index (Phi) is 5.66. The fourth-order valence-corrected chi connectivity index (χ4v) is 4.18.